The Kier molecular flexibility index (Phi) is 6.34. The fourth-order valence-electron chi connectivity index (χ4n) is 4.70. The van der Waals surface area contributed by atoms with Gasteiger partial charge >= 0.3 is 0 Å². The molecule has 2 atom stereocenters. The topological polar surface area (TPSA) is 86.1 Å². The number of rotatable bonds is 6. The first kappa shape index (κ1) is 20.4. The molecule has 3 heterocycles. The number of hydrogen-bond acceptors (Lipinski definition) is 7. The smallest absolute Gasteiger partial charge is 0.229 e. The van der Waals surface area contributed by atoms with E-state index in [1.807, 2.05) is 25.1 Å². The molecule has 4 rings (SSSR count). The Morgan fingerprint density at radius 1 is 1.23 bits per heavy atom. The van der Waals surface area contributed by atoms with Crippen LogP contribution in [0.5, 0.6) is 5.75 Å². The van der Waals surface area contributed by atoms with E-state index in [4.69, 9.17) is 4.74 Å². The quantitative estimate of drug-likeness (QED) is 0.747. The van der Waals surface area contributed by atoms with Crippen molar-refractivity contribution < 1.29 is 4.74 Å². The minimum atomic E-state index is 0.481. The summed E-state index contributed by atoms with van der Waals surface area (Å²) in [6.07, 6.45) is 8.18. The molecule has 30 heavy (non-hydrogen) atoms. The fraction of sp³-hybridized carbons (Fsp3) is 0.522. The number of benzene rings is 1. The van der Waals surface area contributed by atoms with E-state index in [1.54, 1.807) is 13.3 Å². The van der Waals surface area contributed by atoms with Crippen molar-refractivity contribution in [3.8, 4) is 11.8 Å². The van der Waals surface area contributed by atoms with Crippen molar-refractivity contribution in [2.75, 3.05) is 37.4 Å². The molecule has 2 aliphatic heterocycles. The Morgan fingerprint density at radius 2 is 2.10 bits per heavy atom. The van der Waals surface area contributed by atoms with Crippen LogP contribution in [0.1, 0.15) is 43.2 Å². The number of anilines is 3. The van der Waals surface area contributed by atoms with Crippen LogP contribution in [0.4, 0.5) is 17.5 Å². The second-order valence-corrected chi connectivity index (χ2v) is 8.26. The van der Waals surface area contributed by atoms with Gasteiger partial charge in [0.05, 0.1) is 24.9 Å². The highest BCUT2D eigenvalue weighted by Crippen LogP contribution is 2.32. The van der Waals surface area contributed by atoms with Crippen LogP contribution in [0, 0.1) is 24.2 Å². The Morgan fingerprint density at radius 3 is 2.93 bits per heavy atom. The summed E-state index contributed by atoms with van der Waals surface area (Å²) in [6, 6.07) is 8.56. The lowest BCUT2D eigenvalue weighted by atomic mass is 9.83. The average molecular weight is 407 g/mol. The summed E-state index contributed by atoms with van der Waals surface area (Å²) in [5.74, 6) is 2.45. The zero-order valence-electron chi connectivity index (χ0n) is 17.8. The monoisotopic (exact) mass is 406 g/mol. The number of nitrogens with one attached hydrogen (secondary N) is 2. The molecule has 1 aromatic heterocycles. The van der Waals surface area contributed by atoms with E-state index < -0.39 is 0 Å². The molecule has 0 amide bonds. The third-order valence-corrected chi connectivity index (χ3v) is 6.35. The molecule has 1 aromatic carbocycles. The molecule has 0 saturated carbocycles. The highest BCUT2D eigenvalue weighted by Gasteiger charge is 2.32. The lowest BCUT2D eigenvalue weighted by Crippen LogP contribution is -2.49. The van der Waals surface area contributed by atoms with Gasteiger partial charge < -0.3 is 20.3 Å². The van der Waals surface area contributed by atoms with Gasteiger partial charge in [-0.2, -0.15) is 10.2 Å². The molecule has 2 fully saturated rings. The maximum absolute atomic E-state index is 9.26. The van der Waals surface area contributed by atoms with Crippen LogP contribution in [0.15, 0.2) is 24.4 Å². The minimum absolute atomic E-state index is 0.481. The summed E-state index contributed by atoms with van der Waals surface area (Å²) >= 11 is 0. The number of nitriles is 1. The van der Waals surface area contributed by atoms with Gasteiger partial charge in [-0.25, -0.2) is 4.98 Å². The number of aromatic nitrogens is 2. The van der Waals surface area contributed by atoms with E-state index in [0.717, 1.165) is 17.8 Å². The largest absolute Gasteiger partial charge is 0.491 e. The maximum Gasteiger partial charge on any atom is 0.229 e. The molecular weight excluding hydrogens is 376 g/mol. The standard InChI is InChI=1S/C23H30N6O/c1-16-8-9-19(12-18(16)13-24)27-23-26-15-21(30-2)22(28-23)25-14-17-6-5-11-29-10-4-3-7-20(17)29/h8-9,12,15,17,20H,3-7,10-11,14H2,1-2H3,(H2,25,26,27,28)/t17-,20+/m0/s1. The number of piperidine rings is 2. The minimum Gasteiger partial charge on any atom is -0.491 e. The summed E-state index contributed by atoms with van der Waals surface area (Å²) < 4.78 is 5.48. The third-order valence-electron chi connectivity index (χ3n) is 6.35. The Balaban J connectivity index is 1.47. The molecule has 158 valence electrons. The first-order valence-electron chi connectivity index (χ1n) is 10.8. The normalized spacial score (nSPS) is 21.4. The number of ether oxygens (including phenoxy) is 1. The molecule has 0 radical (unpaired) electrons. The van der Waals surface area contributed by atoms with Crippen LogP contribution in [-0.4, -0.2) is 47.7 Å². The predicted octanol–water partition coefficient (Wildman–Crippen LogP) is 4.09. The van der Waals surface area contributed by atoms with Gasteiger partial charge in [-0.1, -0.05) is 12.5 Å². The first-order chi connectivity index (χ1) is 14.7. The van der Waals surface area contributed by atoms with E-state index in [-0.39, 0.29) is 0 Å². The van der Waals surface area contributed by atoms with Crippen molar-refractivity contribution >= 4 is 17.5 Å². The molecule has 0 aliphatic carbocycles. The number of methoxy groups -OCH3 is 1. The number of fused-ring (bicyclic) bond motifs is 1. The van der Waals surface area contributed by atoms with Gasteiger partial charge in [-0.15, -0.1) is 0 Å². The van der Waals surface area contributed by atoms with Crippen molar-refractivity contribution in [3.05, 3.63) is 35.5 Å². The van der Waals surface area contributed by atoms with Gasteiger partial charge in [0.1, 0.15) is 0 Å². The van der Waals surface area contributed by atoms with Crippen molar-refractivity contribution in [1.82, 2.24) is 14.9 Å². The molecule has 7 nitrogen and oxygen atoms in total. The molecular formula is C23H30N6O. The first-order valence-corrected chi connectivity index (χ1v) is 10.8. The van der Waals surface area contributed by atoms with Crippen molar-refractivity contribution in [2.45, 2.75) is 45.1 Å². The molecule has 2 aliphatic rings. The Bertz CT molecular complexity index is 922. The average Bonchev–Trinajstić information content (AvgIpc) is 2.79. The van der Waals surface area contributed by atoms with E-state index in [9.17, 15) is 5.26 Å². The van der Waals surface area contributed by atoms with Crippen LogP contribution in [0.25, 0.3) is 0 Å². The zero-order valence-corrected chi connectivity index (χ0v) is 17.8. The number of nitrogens with zero attached hydrogens (tertiary/aromatic N) is 4. The molecule has 7 heteroatoms. The maximum atomic E-state index is 9.26. The van der Waals surface area contributed by atoms with Crippen molar-refractivity contribution in [1.29, 1.82) is 5.26 Å². The zero-order chi connectivity index (χ0) is 20.9. The van der Waals surface area contributed by atoms with Crippen LogP contribution >= 0.6 is 0 Å². The van der Waals surface area contributed by atoms with Gasteiger partial charge in [0, 0.05) is 18.3 Å². The lowest BCUT2D eigenvalue weighted by Gasteiger charge is -2.44. The number of hydrogen-bond donors (Lipinski definition) is 2. The van der Waals surface area contributed by atoms with E-state index in [0.29, 0.717) is 35.0 Å². The second-order valence-electron chi connectivity index (χ2n) is 8.26. The SMILES string of the molecule is COc1cnc(Nc2ccc(C)c(C#N)c2)nc1NC[C@@H]1CCCN2CCCC[C@H]12. The van der Waals surface area contributed by atoms with Gasteiger partial charge in [-0.3, -0.25) is 0 Å². The van der Waals surface area contributed by atoms with Gasteiger partial charge in [0.25, 0.3) is 0 Å². The van der Waals surface area contributed by atoms with Gasteiger partial charge in [0.2, 0.25) is 5.95 Å². The summed E-state index contributed by atoms with van der Waals surface area (Å²) in [6.45, 7) is 5.30. The summed E-state index contributed by atoms with van der Waals surface area (Å²) in [7, 11) is 1.64. The molecule has 2 aromatic rings. The van der Waals surface area contributed by atoms with Crippen molar-refractivity contribution in [2.24, 2.45) is 5.92 Å². The fourth-order valence-corrected chi connectivity index (χ4v) is 4.70. The summed E-state index contributed by atoms with van der Waals surface area (Å²) in [5.41, 5.74) is 2.38. The van der Waals surface area contributed by atoms with Crippen LogP contribution in [0.2, 0.25) is 0 Å². The van der Waals surface area contributed by atoms with E-state index in [2.05, 4.69) is 31.6 Å². The van der Waals surface area contributed by atoms with Crippen molar-refractivity contribution in [3.63, 3.8) is 0 Å². The summed E-state index contributed by atoms with van der Waals surface area (Å²) in [5, 5.41) is 16.0. The molecule has 0 bridgehead atoms. The highest BCUT2D eigenvalue weighted by atomic mass is 16.5. The molecule has 0 unspecified atom stereocenters. The van der Waals surface area contributed by atoms with Crippen LogP contribution < -0.4 is 15.4 Å². The molecule has 2 N–H and O–H groups in total. The van der Waals surface area contributed by atoms with E-state index in [1.165, 1.54) is 45.2 Å². The predicted molar refractivity (Wildman–Crippen MR) is 118 cm³/mol. The molecule has 0 spiro atoms. The van der Waals surface area contributed by atoms with Gasteiger partial charge in [-0.05, 0) is 69.3 Å². The van der Waals surface area contributed by atoms with E-state index >= 15 is 0 Å². The second kappa shape index (κ2) is 9.31. The Labute approximate surface area is 178 Å². The number of aryl methyl sites for hydroxylation is 1. The summed E-state index contributed by atoms with van der Waals surface area (Å²) in [4.78, 5) is 11.7. The van der Waals surface area contributed by atoms with Gasteiger partial charge in [0.15, 0.2) is 11.6 Å². The third kappa shape index (κ3) is 4.49. The Hall–Kier alpha value is -2.85. The van der Waals surface area contributed by atoms with Crippen LogP contribution in [-0.2, 0) is 0 Å². The van der Waals surface area contributed by atoms with Crippen LogP contribution in [0.3, 0.4) is 0 Å². The molecule has 2 saturated heterocycles. The lowest BCUT2D eigenvalue weighted by molar-refractivity contribution is 0.0649. The highest BCUT2D eigenvalue weighted by molar-refractivity contribution is 5.60.